The molecular weight excluding hydrogens is 264 g/mol. The molecule has 0 aliphatic heterocycles. The zero-order chi connectivity index (χ0) is 14.8. The number of anilines is 1. The Morgan fingerprint density at radius 3 is 2.76 bits per heavy atom. The van der Waals surface area contributed by atoms with E-state index in [-0.39, 0.29) is 0 Å². The van der Waals surface area contributed by atoms with Gasteiger partial charge in [-0.15, -0.1) is 5.10 Å². The van der Waals surface area contributed by atoms with Crippen molar-refractivity contribution in [2.75, 3.05) is 12.8 Å². The van der Waals surface area contributed by atoms with E-state index in [0.717, 1.165) is 28.3 Å². The molecule has 5 nitrogen and oxygen atoms in total. The molecule has 0 bridgehead atoms. The van der Waals surface area contributed by atoms with Gasteiger partial charge >= 0.3 is 0 Å². The minimum atomic E-state index is 0.685. The van der Waals surface area contributed by atoms with Crippen LogP contribution in [0, 0.1) is 6.92 Å². The van der Waals surface area contributed by atoms with Crippen LogP contribution >= 0.6 is 0 Å². The smallest absolute Gasteiger partial charge is 0.128 e. The van der Waals surface area contributed by atoms with Crippen LogP contribution in [0.3, 0.4) is 0 Å². The van der Waals surface area contributed by atoms with E-state index in [1.807, 2.05) is 43.3 Å². The van der Waals surface area contributed by atoms with Crippen molar-refractivity contribution in [3.05, 3.63) is 54.2 Å². The van der Waals surface area contributed by atoms with Crippen LogP contribution in [0.25, 0.3) is 16.9 Å². The van der Waals surface area contributed by atoms with E-state index >= 15 is 0 Å². The Labute approximate surface area is 123 Å². The van der Waals surface area contributed by atoms with E-state index in [1.54, 1.807) is 18.0 Å². The van der Waals surface area contributed by atoms with E-state index in [9.17, 15) is 0 Å². The molecule has 0 atom stereocenters. The van der Waals surface area contributed by atoms with Gasteiger partial charge in [0.2, 0.25) is 0 Å². The van der Waals surface area contributed by atoms with Gasteiger partial charge in [0.25, 0.3) is 0 Å². The van der Waals surface area contributed by atoms with Crippen LogP contribution < -0.4 is 10.5 Å². The Hall–Kier alpha value is -2.82. The first kappa shape index (κ1) is 13.2. The lowest BCUT2D eigenvalue weighted by Gasteiger charge is -2.11. The molecule has 0 spiro atoms. The molecule has 3 rings (SSSR count). The number of nitrogens with zero attached hydrogens (tertiary/aromatic N) is 3. The van der Waals surface area contributed by atoms with E-state index < -0.39 is 0 Å². The standard InChI is InChI=1S/C16H16N4O/c1-11-6-7-16(21-2)14(8-11)15-10-18-19-20(15)13-5-3-4-12(17)9-13/h3-10H,17H2,1-2H3. The number of aryl methyl sites for hydroxylation is 1. The lowest BCUT2D eigenvalue weighted by atomic mass is 10.1. The molecule has 2 N–H and O–H groups in total. The molecule has 0 unspecified atom stereocenters. The van der Waals surface area contributed by atoms with Gasteiger partial charge in [-0.2, -0.15) is 0 Å². The highest BCUT2D eigenvalue weighted by molar-refractivity contribution is 5.69. The third-order valence-corrected chi connectivity index (χ3v) is 3.30. The maximum atomic E-state index is 5.85. The van der Waals surface area contributed by atoms with Crippen molar-refractivity contribution in [3.63, 3.8) is 0 Å². The van der Waals surface area contributed by atoms with Crippen molar-refractivity contribution < 1.29 is 4.74 Å². The third-order valence-electron chi connectivity index (χ3n) is 3.30. The predicted octanol–water partition coefficient (Wildman–Crippen LogP) is 2.83. The topological polar surface area (TPSA) is 66.0 Å². The van der Waals surface area contributed by atoms with Crippen LogP contribution in [0.2, 0.25) is 0 Å². The molecule has 0 saturated heterocycles. The number of nitrogen functional groups attached to an aromatic ring is 1. The highest BCUT2D eigenvalue weighted by Crippen LogP contribution is 2.31. The van der Waals surface area contributed by atoms with Crippen LogP contribution in [0.4, 0.5) is 5.69 Å². The summed E-state index contributed by atoms with van der Waals surface area (Å²) in [5, 5.41) is 8.19. The fourth-order valence-corrected chi connectivity index (χ4v) is 2.29. The summed E-state index contributed by atoms with van der Waals surface area (Å²) < 4.78 is 7.20. The van der Waals surface area contributed by atoms with E-state index in [4.69, 9.17) is 10.5 Å². The fraction of sp³-hybridized carbons (Fsp3) is 0.125. The summed E-state index contributed by atoms with van der Waals surface area (Å²) in [7, 11) is 1.66. The summed E-state index contributed by atoms with van der Waals surface area (Å²) >= 11 is 0. The Morgan fingerprint density at radius 1 is 1.14 bits per heavy atom. The summed E-state index contributed by atoms with van der Waals surface area (Å²) in [6.07, 6.45) is 1.72. The number of hydrogen-bond donors (Lipinski definition) is 1. The second-order valence-electron chi connectivity index (χ2n) is 4.83. The summed E-state index contributed by atoms with van der Waals surface area (Å²) in [6, 6.07) is 13.5. The van der Waals surface area contributed by atoms with Crippen LogP contribution in [0.15, 0.2) is 48.7 Å². The lowest BCUT2D eigenvalue weighted by Crippen LogP contribution is -2.01. The molecule has 0 fully saturated rings. The predicted molar refractivity (Wildman–Crippen MR) is 82.5 cm³/mol. The van der Waals surface area contributed by atoms with Crippen molar-refractivity contribution in [1.29, 1.82) is 0 Å². The van der Waals surface area contributed by atoms with Crippen LogP contribution in [-0.2, 0) is 0 Å². The van der Waals surface area contributed by atoms with Gasteiger partial charge in [0.05, 0.1) is 24.7 Å². The first-order chi connectivity index (χ1) is 10.2. The first-order valence-corrected chi connectivity index (χ1v) is 6.60. The molecule has 0 amide bonds. The van der Waals surface area contributed by atoms with Crippen LogP contribution in [0.5, 0.6) is 5.75 Å². The van der Waals surface area contributed by atoms with Crippen molar-refractivity contribution in [2.45, 2.75) is 6.92 Å². The van der Waals surface area contributed by atoms with Crippen molar-refractivity contribution in [3.8, 4) is 22.7 Å². The van der Waals surface area contributed by atoms with E-state index in [2.05, 4.69) is 16.4 Å². The second-order valence-corrected chi connectivity index (χ2v) is 4.83. The summed E-state index contributed by atoms with van der Waals surface area (Å²) in [6.45, 7) is 2.04. The second kappa shape index (κ2) is 5.28. The molecular formula is C16H16N4O. The first-order valence-electron chi connectivity index (χ1n) is 6.60. The number of aromatic nitrogens is 3. The summed E-state index contributed by atoms with van der Waals surface area (Å²) in [5.41, 5.74) is 10.4. The number of nitrogens with two attached hydrogens (primary N) is 1. The molecule has 0 aliphatic carbocycles. The normalized spacial score (nSPS) is 10.6. The van der Waals surface area contributed by atoms with Crippen molar-refractivity contribution in [2.24, 2.45) is 0 Å². The Bertz CT molecular complexity index is 779. The van der Waals surface area contributed by atoms with Crippen LogP contribution in [-0.4, -0.2) is 22.1 Å². The van der Waals surface area contributed by atoms with Gasteiger partial charge in [-0.05, 0) is 37.3 Å². The molecule has 0 aliphatic rings. The molecule has 106 valence electrons. The van der Waals surface area contributed by atoms with Gasteiger partial charge in [0.15, 0.2) is 0 Å². The maximum Gasteiger partial charge on any atom is 0.128 e. The average molecular weight is 280 g/mol. The summed E-state index contributed by atoms with van der Waals surface area (Å²) in [4.78, 5) is 0. The lowest BCUT2D eigenvalue weighted by molar-refractivity contribution is 0.416. The molecule has 0 saturated carbocycles. The number of hydrogen-bond acceptors (Lipinski definition) is 4. The van der Waals surface area contributed by atoms with Gasteiger partial charge in [-0.1, -0.05) is 22.9 Å². The Balaban J connectivity index is 2.18. The van der Waals surface area contributed by atoms with E-state index in [1.165, 1.54) is 0 Å². The monoisotopic (exact) mass is 280 g/mol. The van der Waals surface area contributed by atoms with Crippen LogP contribution in [0.1, 0.15) is 5.56 Å². The average Bonchev–Trinajstić information content (AvgIpc) is 2.96. The SMILES string of the molecule is COc1ccc(C)cc1-c1cnnn1-c1cccc(N)c1. The molecule has 1 heterocycles. The molecule has 21 heavy (non-hydrogen) atoms. The molecule has 5 heteroatoms. The zero-order valence-electron chi connectivity index (χ0n) is 11.9. The van der Waals surface area contributed by atoms with Crippen molar-refractivity contribution in [1.82, 2.24) is 15.0 Å². The molecule has 2 aromatic carbocycles. The fourth-order valence-electron chi connectivity index (χ4n) is 2.29. The molecule has 3 aromatic rings. The third kappa shape index (κ3) is 2.45. The highest BCUT2D eigenvalue weighted by atomic mass is 16.5. The Kier molecular flexibility index (Phi) is 3.31. The zero-order valence-corrected chi connectivity index (χ0v) is 11.9. The number of ether oxygens (including phenoxy) is 1. The van der Waals surface area contributed by atoms with Gasteiger partial charge in [-0.3, -0.25) is 0 Å². The number of methoxy groups -OCH3 is 1. The minimum absolute atomic E-state index is 0.685. The molecule has 1 aromatic heterocycles. The van der Waals surface area contributed by atoms with Gasteiger partial charge < -0.3 is 10.5 Å². The number of rotatable bonds is 3. The highest BCUT2D eigenvalue weighted by Gasteiger charge is 2.13. The van der Waals surface area contributed by atoms with Gasteiger partial charge in [-0.25, -0.2) is 4.68 Å². The minimum Gasteiger partial charge on any atom is -0.496 e. The maximum absolute atomic E-state index is 5.85. The van der Waals surface area contributed by atoms with E-state index in [0.29, 0.717) is 5.69 Å². The van der Waals surface area contributed by atoms with Crippen molar-refractivity contribution >= 4 is 5.69 Å². The quantitative estimate of drug-likeness (QED) is 0.749. The molecule has 0 radical (unpaired) electrons. The summed E-state index contributed by atoms with van der Waals surface area (Å²) in [5.74, 6) is 0.785. The van der Waals surface area contributed by atoms with Gasteiger partial charge in [0, 0.05) is 11.3 Å². The number of benzene rings is 2. The Morgan fingerprint density at radius 2 is 2.00 bits per heavy atom. The van der Waals surface area contributed by atoms with Gasteiger partial charge in [0.1, 0.15) is 5.75 Å². The largest absolute Gasteiger partial charge is 0.496 e.